The van der Waals surface area contributed by atoms with Crippen molar-refractivity contribution in [3.63, 3.8) is 0 Å². The summed E-state index contributed by atoms with van der Waals surface area (Å²) >= 11 is 0. The van der Waals surface area contributed by atoms with Gasteiger partial charge in [-0.3, -0.25) is 14.4 Å². The third kappa shape index (κ3) is 4.69. The maximum absolute atomic E-state index is 13.1. The second kappa shape index (κ2) is 8.68. The molecule has 0 radical (unpaired) electrons. The van der Waals surface area contributed by atoms with Crippen molar-refractivity contribution in [1.82, 2.24) is 20.2 Å². The minimum atomic E-state index is -1.22. The van der Waals surface area contributed by atoms with Crippen LogP contribution in [0.1, 0.15) is 33.1 Å². The molecule has 0 aliphatic carbocycles. The molecular formula is C20H27N5O5. The van der Waals surface area contributed by atoms with Crippen LogP contribution in [0.5, 0.6) is 0 Å². The molecule has 10 heteroatoms. The lowest BCUT2D eigenvalue weighted by Crippen LogP contribution is -2.56. The molecule has 10 nitrogen and oxygen atoms in total. The molecule has 2 amide bonds. The highest BCUT2D eigenvalue weighted by molar-refractivity contribution is 6.19. The second-order valence-corrected chi connectivity index (χ2v) is 8.28. The number of carboxylic acids is 1. The van der Waals surface area contributed by atoms with Crippen LogP contribution in [0.15, 0.2) is 29.8 Å². The fourth-order valence-electron chi connectivity index (χ4n) is 3.96. The molecule has 1 fully saturated rings. The molecule has 162 valence electrons. The van der Waals surface area contributed by atoms with Crippen LogP contribution in [0.2, 0.25) is 0 Å². The van der Waals surface area contributed by atoms with Gasteiger partial charge in [-0.05, 0) is 38.7 Å². The smallest absolute Gasteiger partial charge is 0.322 e. The molecule has 2 aliphatic heterocycles. The van der Waals surface area contributed by atoms with Crippen LogP contribution in [0, 0.1) is 5.92 Å². The Morgan fingerprint density at radius 3 is 2.47 bits per heavy atom. The lowest BCUT2D eigenvalue weighted by atomic mass is 9.86. The van der Waals surface area contributed by atoms with E-state index in [0.29, 0.717) is 12.5 Å². The summed E-state index contributed by atoms with van der Waals surface area (Å²) in [6, 6.07) is 1.77. The summed E-state index contributed by atoms with van der Waals surface area (Å²) in [6.07, 6.45) is 5.23. The van der Waals surface area contributed by atoms with E-state index in [9.17, 15) is 19.5 Å². The van der Waals surface area contributed by atoms with Gasteiger partial charge in [0.05, 0.1) is 0 Å². The summed E-state index contributed by atoms with van der Waals surface area (Å²) < 4.78 is 0. The molecule has 3 N–H and O–H groups in total. The predicted molar refractivity (Wildman–Crippen MR) is 108 cm³/mol. The number of piperidine rings is 1. The molecule has 0 spiro atoms. The number of nitrogens with zero attached hydrogens (tertiary/aromatic N) is 4. The second-order valence-electron chi connectivity index (χ2n) is 8.28. The number of hydrogen-bond donors (Lipinski definition) is 3. The van der Waals surface area contributed by atoms with Crippen molar-refractivity contribution in [2.75, 3.05) is 31.1 Å². The fourth-order valence-corrected chi connectivity index (χ4v) is 3.96. The van der Waals surface area contributed by atoms with Gasteiger partial charge in [0.2, 0.25) is 5.95 Å². The van der Waals surface area contributed by atoms with Crippen LogP contribution in [0.4, 0.5) is 5.95 Å². The highest BCUT2D eigenvalue weighted by Gasteiger charge is 2.43. The first-order valence-corrected chi connectivity index (χ1v) is 9.95. The summed E-state index contributed by atoms with van der Waals surface area (Å²) in [5.41, 5.74) is -1.03. The number of carbonyl (C=O) groups excluding carboxylic acids is 2. The summed E-state index contributed by atoms with van der Waals surface area (Å²) in [5.74, 6) is -2.04. The lowest BCUT2D eigenvalue weighted by Gasteiger charge is -2.45. The van der Waals surface area contributed by atoms with E-state index in [2.05, 4.69) is 20.2 Å². The summed E-state index contributed by atoms with van der Waals surface area (Å²) in [7, 11) is 0. The number of rotatable bonds is 6. The van der Waals surface area contributed by atoms with Crippen molar-refractivity contribution in [3.8, 4) is 0 Å². The van der Waals surface area contributed by atoms with Gasteiger partial charge >= 0.3 is 5.97 Å². The van der Waals surface area contributed by atoms with Gasteiger partial charge in [0.15, 0.2) is 0 Å². The molecule has 30 heavy (non-hydrogen) atoms. The molecule has 2 aliphatic rings. The predicted octanol–water partition coefficient (Wildman–Crippen LogP) is 0.717. The number of carboxylic acid groups (broad SMARTS) is 1. The third-order valence-electron chi connectivity index (χ3n) is 5.60. The number of aromatic nitrogens is 2. The minimum Gasteiger partial charge on any atom is -0.511 e. The minimum absolute atomic E-state index is 0.130. The highest BCUT2D eigenvalue weighted by atomic mass is 16.4. The Morgan fingerprint density at radius 1 is 1.23 bits per heavy atom. The molecule has 0 saturated carbocycles. The summed E-state index contributed by atoms with van der Waals surface area (Å²) in [4.78, 5) is 48.4. The Labute approximate surface area is 174 Å². The maximum atomic E-state index is 13.1. The number of aliphatic hydroxyl groups is 1. The van der Waals surface area contributed by atoms with Crippen LogP contribution in [0.25, 0.3) is 0 Å². The quantitative estimate of drug-likeness (QED) is 0.576. The molecular weight excluding hydrogens is 390 g/mol. The molecule has 0 atom stereocenters. The molecule has 1 aromatic rings. The van der Waals surface area contributed by atoms with E-state index in [1.54, 1.807) is 23.4 Å². The fraction of sp³-hybridized carbons (Fsp3) is 0.550. The maximum Gasteiger partial charge on any atom is 0.322 e. The van der Waals surface area contributed by atoms with Crippen molar-refractivity contribution in [3.05, 3.63) is 29.8 Å². The van der Waals surface area contributed by atoms with Gasteiger partial charge in [0, 0.05) is 44.0 Å². The molecule has 0 aromatic carbocycles. The van der Waals surface area contributed by atoms with Gasteiger partial charge in [0.25, 0.3) is 11.8 Å². The molecule has 1 aromatic heterocycles. The van der Waals surface area contributed by atoms with Crippen molar-refractivity contribution >= 4 is 23.7 Å². The van der Waals surface area contributed by atoms with Crippen molar-refractivity contribution < 1.29 is 24.6 Å². The van der Waals surface area contributed by atoms with Gasteiger partial charge in [-0.1, -0.05) is 0 Å². The molecule has 1 saturated heterocycles. The van der Waals surface area contributed by atoms with Crippen molar-refractivity contribution in [2.24, 2.45) is 5.92 Å². The van der Waals surface area contributed by atoms with Crippen LogP contribution < -0.4 is 10.2 Å². The molecule has 3 rings (SSSR count). The van der Waals surface area contributed by atoms with Crippen LogP contribution in [0.3, 0.4) is 0 Å². The van der Waals surface area contributed by atoms with E-state index in [4.69, 9.17) is 5.11 Å². The number of aliphatic hydroxyl groups excluding tert-OH is 1. The Bertz CT molecular complexity index is 846. The Balaban J connectivity index is 1.67. The Kier molecular flexibility index (Phi) is 6.23. The van der Waals surface area contributed by atoms with E-state index in [0.717, 1.165) is 25.9 Å². The zero-order valence-corrected chi connectivity index (χ0v) is 17.2. The summed E-state index contributed by atoms with van der Waals surface area (Å²) in [5, 5.41) is 21.2. The lowest BCUT2D eigenvalue weighted by molar-refractivity contribution is -0.140. The Hall–Kier alpha value is -3.17. The van der Waals surface area contributed by atoms with Crippen LogP contribution >= 0.6 is 0 Å². The highest BCUT2D eigenvalue weighted by Crippen LogP contribution is 2.33. The Morgan fingerprint density at radius 2 is 1.87 bits per heavy atom. The van der Waals surface area contributed by atoms with E-state index < -0.39 is 29.9 Å². The zero-order chi connectivity index (χ0) is 21.9. The van der Waals surface area contributed by atoms with Crippen molar-refractivity contribution in [2.45, 2.75) is 38.6 Å². The van der Waals surface area contributed by atoms with Crippen LogP contribution in [-0.2, 0) is 14.4 Å². The normalized spacial score (nSPS) is 19.7. The zero-order valence-electron chi connectivity index (χ0n) is 17.2. The largest absolute Gasteiger partial charge is 0.511 e. The number of aliphatic carboxylic acids is 1. The number of amides is 2. The van der Waals surface area contributed by atoms with Gasteiger partial charge in [-0.15, -0.1) is 0 Å². The average molecular weight is 417 g/mol. The number of anilines is 1. The standard InChI is InChI=1S/C20H27N5O5/c1-20(2)10-14(26)16(17(29)23-11-15(27)28)18(30)25(20)12-13-4-8-24(9-5-13)19-21-6-3-7-22-19/h3,6-7,13,26H,4-5,8-12H2,1-2H3,(H,23,29)(H,27,28). The van der Waals surface area contributed by atoms with Crippen molar-refractivity contribution in [1.29, 1.82) is 0 Å². The monoisotopic (exact) mass is 417 g/mol. The molecule has 0 bridgehead atoms. The first-order valence-electron chi connectivity index (χ1n) is 9.95. The van der Waals surface area contributed by atoms with E-state index >= 15 is 0 Å². The number of hydrogen-bond acceptors (Lipinski definition) is 7. The number of carbonyl (C=O) groups is 3. The van der Waals surface area contributed by atoms with E-state index in [1.807, 2.05) is 13.8 Å². The number of nitrogens with one attached hydrogen (secondary N) is 1. The molecule has 0 unspecified atom stereocenters. The first kappa shape index (κ1) is 21.5. The van der Waals surface area contributed by atoms with E-state index in [1.165, 1.54) is 0 Å². The van der Waals surface area contributed by atoms with Gasteiger partial charge in [-0.25, -0.2) is 9.97 Å². The average Bonchev–Trinajstić information content (AvgIpc) is 2.70. The van der Waals surface area contributed by atoms with E-state index in [-0.39, 0.29) is 23.7 Å². The first-order chi connectivity index (χ1) is 14.2. The summed E-state index contributed by atoms with van der Waals surface area (Å²) in [6.45, 7) is 5.07. The van der Waals surface area contributed by atoms with Crippen LogP contribution in [-0.4, -0.2) is 74.6 Å². The third-order valence-corrected chi connectivity index (χ3v) is 5.60. The van der Waals surface area contributed by atoms with Gasteiger partial charge < -0.3 is 25.3 Å². The van der Waals surface area contributed by atoms with Gasteiger partial charge in [-0.2, -0.15) is 0 Å². The van der Waals surface area contributed by atoms with Gasteiger partial charge in [0.1, 0.15) is 17.9 Å². The molecule has 3 heterocycles. The SMILES string of the molecule is CC1(C)CC(O)=C(C(=O)NCC(=O)O)C(=O)N1CC1CCN(c2ncccn2)CC1. The topological polar surface area (TPSA) is 136 Å².